The van der Waals surface area contributed by atoms with Gasteiger partial charge in [-0.2, -0.15) is 0 Å². The van der Waals surface area contributed by atoms with E-state index >= 15 is 0 Å². The minimum absolute atomic E-state index is 0. The first-order chi connectivity index (χ1) is 22.4. The van der Waals surface area contributed by atoms with Gasteiger partial charge in [0, 0.05) is 58.9 Å². The molecule has 23 heteroatoms. The van der Waals surface area contributed by atoms with E-state index in [1.165, 1.54) is 0 Å². The maximum Gasteiger partial charge on any atom is 3.00 e. The molecule has 0 aliphatic carbocycles. The molecule has 21 nitrogen and oxygen atoms in total. The van der Waals surface area contributed by atoms with Gasteiger partial charge >= 0.3 is 39.6 Å². The van der Waals surface area contributed by atoms with Crippen molar-refractivity contribution in [2.24, 2.45) is 0 Å². The predicted octanol–water partition coefficient (Wildman–Crippen LogP) is -12.4. The zero-order valence-corrected chi connectivity index (χ0v) is 32.2. The molecule has 0 bridgehead atoms. The van der Waals surface area contributed by atoms with E-state index in [0.29, 0.717) is 38.9 Å². The number of rotatable bonds is 24. The van der Waals surface area contributed by atoms with Crippen LogP contribution in [0.25, 0.3) is 0 Å². The standard InChI is InChI=1S/3C9H15N2O5.2Ga/c3*1-2-3-10-7(12)4-11(5-8(13)14)6-9(15)16;;/h3*1-6H2,(H,10,12)(H,13,14)(H,15,16);;/q;;;2*+3/p-6. The SMILES string of the molecule is [CH2]CCNC(=O)CN(CC(=O)[O-])CC(=O)[O-].[CH2]CCNC(=O)CN(CC(=O)[O-])CC(=O)[O-].[CH2]CCNC(=O)CN(CC(=O)[O-])CC(=O)[O-].[Ga+3].[Ga+3]. The van der Waals surface area contributed by atoms with Gasteiger partial charge < -0.3 is 75.4 Å². The fraction of sp³-hybridized carbons (Fsp3) is 0.556. The third kappa shape index (κ3) is 42.4. The molecule has 0 saturated carbocycles. The minimum Gasteiger partial charge on any atom is -0.549 e. The Kier molecular flexibility index (Phi) is 39.3. The van der Waals surface area contributed by atoms with E-state index in [1.54, 1.807) is 0 Å². The van der Waals surface area contributed by atoms with E-state index in [2.05, 4.69) is 36.7 Å². The number of carbonyl (C=O) groups is 9. The normalized spacial score (nSPS) is 9.72. The van der Waals surface area contributed by atoms with Crippen molar-refractivity contribution in [3.05, 3.63) is 20.8 Å². The van der Waals surface area contributed by atoms with Crippen molar-refractivity contribution in [3.63, 3.8) is 0 Å². The van der Waals surface area contributed by atoms with Crippen LogP contribution in [-0.2, 0) is 43.2 Å². The van der Waals surface area contributed by atoms with Gasteiger partial charge in [0.15, 0.2) is 0 Å². The third-order valence-electron chi connectivity index (χ3n) is 4.71. The first-order valence-electron chi connectivity index (χ1n) is 13.9. The molecule has 0 spiro atoms. The van der Waals surface area contributed by atoms with E-state index in [0.717, 1.165) is 14.7 Å². The number of amides is 3. The summed E-state index contributed by atoms with van der Waals surface area (Å²) in [6.45, 7) is 6.75. The van der Waals surface area contributed by atoms with Crippen molar-refractivity contribution < 1.29 is 73.8 Å². The molecular formula is C27H39Ga2N6O15. The second-order valence-corrected chi connectivity index (χ2v) is 9.28. The Morgan fingerprint density at radius 3 is 0.640 bits per heavy atom. The van der Waals surface area contributed by atoms with Crippen molar-refractivity contribution in [2.45, 2.75) is 19.3 Å². The molecule has 0 atom stereocenters. The average Bonchev–Trinajstić information content (AvgIpc) is 2.92. The summed E-state index contributed by atoms with van der Waals surface area (Å²) in [5.74, 6) is -10.1. The molecule has 3 N–H and O–H groups in total. The summed E-state index contributed by atoms with van der Waals surface area (Å²) in [6, 6.07) is 0. The van der Waals surface area contributed by atoms with Gasteiger partial charge in [-0.05, 0) is 19.3 Å². The molecule has 3 amide bonds. The van der Waals surface area contributed by atoms with Crippen molar-refractivity contribution in [3.8, 4) is 0 Å². The Hall–Kier alpha value is -3.62. The zero-order valence-electron chi connectivity index (χ0n) is 27.3. The van der Waals surface area contributed by atoms with Gasteiger partial charge in [0.05, 0.1) is 55.5 Å². The third-order valence-corrected chi connectivity index (χ3v) is 4.71. The van der Waals surface area contributed by atoms with Gasteiger partial charge in [0.2, 0.25) is 17.7 Å². The van der Waals surface area contributed by atoms with Crippen LogP contribution in [0.1, 0.15) is 19.3 Å². The van der Waals surface area contributed by atoms with Crippen molar-refractivity contribution in [1.29, 1.82) is 0 Å². The van der Waals surface area contributed by atoms with Gasteiger partial charge in [0.1, 0.15) is 0 Å². The van der Waals surface area contributed by atoms with Crippen LogP contribution in [0, 0.1) is 20.8 Å². The van der Waals surface area contributed by atoms with Gasteiger partial charge in [0.25, 0.3) is 0 Å². The smallest absolute Gasteiger partial charge is 0.549 e. The first-order valence-corrected chi connectivity index (χ1v) is 13.9. The molecule has 0 unspecified atom stereocenters. The number of hydrogen-bond donors (Lipinski definition) is 3. The van der Waals surface area contributed by atoms with Crippen LogP contribution < -0.4 is 46.6 Å². The van der Waals surface area contributed by atoms with Gasteiger partial charge in [-0.3, -0.25) is 29.1 Å². The van der Waals surface area contributed by atoms with Crippen molar-refractivity contribution in [2.75, 3.05) is 78.5 Å². The number of carboxylic acid groups (broad SMARTS) is 6. The Morgan fingerprint density at radius 2 is 0.520 bits per heavy atom. The van der Waals surface area contributed by atoms with E-state index in [9.17, 15) is 73.8 Å². The first kappa shape index (κ1) is 55.8. The number of hydrogen-bond acceptors (Lipinski definition) is 18. The minimum atomic E-state index is -1.45. The molecule has 0 aliphatic rings. The number of carboxylic acids is 6. The molecule has 0 aliphatic heterocycles. The Balaban J connectivity index is -0.000000199. The molecule has 273 valence electrons. The molecule has 50 heavy (non-hydrogen) atoms. The summed E-state index contributed by atoms with van der Waals surface area (Å²) in [5.41, 5.74) is 0. The zero-order chi connectivity index (χ0) is 37.7. The number of carbonyl (C=O) groups excluding carboxylic acids is 9. The monoisotopic (exact) mass is 825 g/mol. The maximum atomic E-state index is 11.2. The summed E-state index contributed by atoms with van der Waals surface area (Å²) in [4.78, 5) is 97.9. The van der Waals surface area contributed by atoms with E-state index in [-0.39, 0.29) is 59.2 Å². The van der Waals surface area contributed by atoms with Crippen LogP contribution >= 0.6 is 0 Å². The molecule has 0 aromatic rings. The Labute approximate surface area is 315 Å². The molecule has 0 aromatic heterocycles. The predicted molar refractivity (Wildman–Crippen MR) is 160 cm³/mol. The van der Waals surface area contributed by atoms with Crippen LogP contribution in [0.3, 0.4) is 0 Å². The van der Waals surface area contributed by atoms with Gasteiger partial charge in [-0.1, -0.05) is 20.8 Å². The van der Waals surface area contributed by atoms with Gasteiger partial charge in [-0.15, -0.1) is 0 Å². The second kappa shape index (κ2) is 35.2. The summed E-state index contributed by atoms with van der Waals surface area (Å²) in [7, 11) is 0. The summed E-state index contributed by atoms with van der Waals surface area (Å²) >= 11 is 0. The fourth-order valence-electron chi connectivity index (χ4n) is 3.06. The number of nitrogens with one attached hydrogen (secondary N) is 3. The fourth-order valence-corrected chi connectivity index (χ4v) is 3.06. The molecule has 0 rings (SSSR count). The van der Waals surface area contributed by atoms with Crippen LogP contribution in [0.5, 0.6) is 0 Å². The Morgan fingerprint density at radius 1 is 0.360 bits per heavy atom. The second-order valence-electron chi connectivity index (χ2n) is 9.28. The van der Waals surface area contributed by atoms with Crippen LogP contribution in [-0.4, -0.2) is 186 Å². The van der Waals surface area contributed by atoms with E-state index in [4.69, 9.17) is 0 Å². The summed E-state index contributed by atoms with van der Waals surface area (Å²) in [5, 5.41) is 69.0. The topological polar surface area (TPSA) is 338 Å². The Bertz CT molecular complexity index is 892. The molecule has 0 heterocycles. The summed E-state index contributed by atoms with van der Waals surface area (Å²) < 4.78 is 0. The summed E-state index contributed by atoms with van der Waals surface area (Å²) in [6.07, 6.45) is 1.48. The molecule has 0 aromatic carbocycles. The number of nitrogens with zero attached hydrogens (tertiary/aromatic N) is 3. The van der Waals surface area contributed by atoms with E-state index in [1.807, 2.05) is 0 Å². The van der Waals surface area contributed by atoms with Gasteiger partial charge in [-0.25, -0.2) is 0 Å². The average molecular weight is 827 g/mol. The largest absolute Gasteiger partial charge is 3.00 e. The quantitative estimate of drug-likeness (QED) is 0.0761. The molecule has 0 fully saturated rings. The van der Waals surface area contributed by atoms with Crippen molar-refractivity contribution >= 4 is 93.1 Å². The van der Waals surface area contributed by atoms with E-state index < -0.39 is 92.8 Å². The number of aliphatic carboxylic acids is 6. The molecule has 0 saturated heterocycles. The molecule has 3 radical (unpaired) electrons. The maximum absolute atomic E-state index is 11.2. The molecular weight excluding hydrogens is 788 g/mol. The van der Waals surface area contributed by atoms with Crippen LogP contribution in [0.4, 0.5) is 0 Å². The van der Waals surface area contributed by atoms with Crippen LogP contribution in [0.2, 0.25) is 0 Å². The van der Waals surface area contributed by atoms with Crippen molar-refractivity contribution in [1.82, 2.24) is 30.7 Å². The van der Waals surface area contributed by atoms with Crippen LogP contribution in [0.15, 0.2) is 0 Å².